The van der Waals surface area contributed by atoms with Crippen LogP contribution in [0.4, 0.5) is 5.69 Å². The summed E-state index contributed by atoms with van der Waals surface area (Å²) < 4.78 is 5.82. The highest BCUT2D eigenvalue weighted by atomic mass is 79.9. The Morgan fingerprint density at radius 1 is 1.20 bits per heavy atom. The number of hydrogen-bond acceptors (Lipinski definition) is 3. The van der Waals surface area contributed by atoms with Crippen LogP contribution < -0.4 is 10.1 Å². The van der Waals surface area contributed by atoms with Crippen molar-refractivity contribution in [3.63, 3.8) is 0 Å². The number of ether oxygens (including phenoxy) is 1. The van der Waals surface area contributed by atoms with Crippen molar-refractivity contribution in [2.75, 3.05) is 12.4 Å². The van der Waals surface area contributed by atoms with Gasteiger partial charge in [-0.15, -0.1) is 0 Å². The minimum Gasteiger partial charge on any atom is -0.504 e. The molecular formula is C14H12BrCl2NO2. The van der Waals surface area contributed by atoms with Crippen LogP contribution in [0.5, 0.6) is 11.5 Å². The van der Waals surface area contributed by atoms with Gasteiger partial charge in [-0.2, -0.15) is 0 Å². The number of aromatic hydroxyl groups is 1. The Labute approximate surface area is 135 Å². The van der Waals surface area contributed by atoms with Crippen molar-refractivity contribution in [2.24, 2.45) is 0 Å². The molecule has 0 unspecified atom stereocenters. The summed E-state index contributed by atoms with van der Waals surface area (Å²) in [5.74, 6) is 0.546. The van der Waals surface area contributed by atoms with Crippen molar-refractivity contribution in [3.05, 3.63) is 50.4 Å². The highest BCUT2D eigenvalue weighted by molar-refractivity contribution is 9.10. The molecule has 0 saturated carbocycles. The third kappa shape index (κ3) is 3.32. The molecule has 2 N–H and O–H groups in total. The van der Waals surface area contributed by atoms with Crippen molar-refractivity contribution in [1.29, 1.82) is 0 Å². The van der Waals surface area contributed by atoms with E-state index in [0.717, 1.165) is 15.7 Å². The summed E-state index contributed by atoms with van der Waals surface area (Å²) in [5, 5.41) is 13.7. The van der Waals surface area contributed by atoms with Gasteiger partial charge in [0.05, 0.1) is 22.8 Å². The molecule has 0 aliphatic carbocycles. The summed E-state index contributed by atoms with van der Waals surface area (Å²) in [5.41, 5.74) is 1.70. The standard InChI is InChI=1S/C14H12BrCl2NO2/c1-20-12-6-8(2-5-11(12)19)7-18-10-4-3-9(15)13(16)14(10)17/h2-6,18-19H,7H2,1H3. The maximum atomic E-state index is 9.54. The zero-order valence-corrected chi connectivity index (χ0v) is 13.7. The van der Waals surface area contributed by atoms with Crippen LogP contribution in [0.2, 0.25) is 10.0 Å². The van der Waals surface area contributed by atoms with Crippen molar-refractivity contribution in [2.45, 2.75) is 6.54 Å². The second-order valence-electron chi connectivity index (χ2n) is 4.08. The molecule has 0 aliphatic rings. The van der Waals surface area contributed by atoms with E-state index < -0.39 is 0 Å². The lowest BCUT2D eigenvalue weighted by Gasteiger charge is -2.11. The number of nitrogens with one attached hydrogen (secondary N) is 1. The molecule has 0 saturated heterocycles. The van der Waals surface area contributed by atoms with Gasteiger partial charge in [0, 0.05) is 11.0 Å². The number of methoxy groups -OCH3 is 1. The van der Waals surface area contributed by atoms with E-state index in [2.05, 4.69) is 21.2 Å². The molecule has 2 aromatic rings. The quantitative estimate of drug-likeness (QED) is 0.731. The van der Waals surface area contributed by atoms with Gasteiger partial charge in [-0.1, -0.05) is 29.3 Å². The van der Waals surface area contributed by atoms with Crippen molar-refractivity contribution >= 4 is 44.8 Å². The molecule has 106 valence electrons. The largest absolute Gasteiger partial charge is 0.504 e. The molecule has 2 rings (SSSR count). The fourth-order valence-electron chi connectivity index (χ4n) is 1.69. The predicted molar refractivity (Wildman–Crippen MR) is 86.1 cm³/mol. The third-order valence-electron chi connectivity index (χ3n) is 2.76. The van der Waals surface area contributed by atoms with Crippen LogP contribution in [0.3, 0.4) is 0 Å². The zero-order valence-electron chi connectivity index (χ0n) is 10.6. The lowest BCUT2D eigenvalue weighted by Crippen LogP contribution is -2.00. The van der Waals surface area contributed by atoms with Crippen LogP contribution in [-0.2, 0) is 6.54 Å². The summed E-state index contributed by atoms with van der Waals surface area (Å²) in [6.45, 7) is 0.536. The Bertz CT molecular complexity index is 635. The Hall–Kier alpha value is -1.10. The van der Waals surface area contributed by atoms with E-state index in [0.29, 0.717) is 22.3 Å². The van der Waals surface area contributed by atoms with E-state index in [4.69, 9.17) is 27.9 Å². The van der Waals surface area contributed by atoms with Crippen LogP contribution in [0, 0.1) is 0 Å². The Morgan fingerprint density at radius 3 is 2.65 bits per heavy atom. The van der Waals surface area contributed by atoms with Gasteiger partial charge in [0.2, 0.25) is 0 Å². The summed E-state index contributed by atoms with van der Waals surface area (Å²) in [7, 11) is 1.51. The first-order chi connectivity index (χ1) is 9.52. The number of benzene rings is 2. The fourth-order valence-corrected chi connectivity index (χ4v) is 2.53. The van der Waals surface area contributed by atoms with Gasteiger partial charge in [0.25, 0.3) is 0 Å². The average Bonchev–Trinajstić information content (AvgIpc) is 2.45. The van der Waals surface area contributed by atoms with Gasteiger partial charge in [-0.05, 0) is 45.8 Å². The van der Waals surface area contributed by atoms with Crippen molar-refractivity contribution < 1.29 is 9.84 Å². The number of anilines is 1. The molecule has 0 spiro atoms. The first-order valence-electron chi connectivity index (χ1n) is 5.76. The predicted octanol–water partition coefficient (Wildman–Crippen LogP) is 5.08. The number of hydrogen-bond donors (Lipinski definition) is 2. The third-order valence-corrected chi connectivity index (χ3v) is 4.53. The lowest BCUT2D eigenvalue weighted by atomic mass is 10.2. The molecule has 0 bridgehead atoms. The molecule has 0 heterocycles. The highest BCUT2D eigenvalue weighted by Gasteiger charge is 2.08. The first kappa shape index (κ1) is 15.3. The minimum atomic E-state index is 0.112. The Balaban J connectivity index is 2.15. The van der Waals surface area contributed by atoms with Crippen LogP contribution in [0.1, 0.15) is 5.56 Å². The summed E-state index contributed by atoms with van der Waals surface area (Å²) in [4.78, 5) is 0. The normalized spacial score (nSPS) is 10.4. The molecule has 6 heteroatoms. The molecule has 0 atom stereocenters. The number of rotatable bonds is 4. The molecule has 0 radical (unpaired) electrons. The molecule has 20 heavy (non-hydrogen) atoms. The van der Waals surface area contributed by atoms with Gasteiger partial charge in [-0.25, -0.2) is 0 Å². The average molecular weight is 377 g/mol. The van der Waals surface area contributed by atoms with E-state index in [1.807, 2.05) is 12.1 Å². The van der Waals surface area contributed by atoms with E-state index in [-0.39, 0.29) is 5.75 Å². The van der Waals surface area contributed by atoms with Gasteiger partial charge in [-0.3, -0.25) is 0 Å². The summed E-state index contributed by atoms with van der Waals surface area (Å²) >= 11 is 15.5. The van der Waals surface area contributed by atoms with E-state index in [9.17, 15) is 5.11 Å². The van der Waals surface area contributed by atoms with Gasteiger partial charge < -0.3 is 15.2 Å². The molecule has 3 nitrogen and oxygen atoms in total. The van der Waals surface area contributed by atoms with E-state index in [1.54, 1.807) is 18.2 Å². The highest BCUT2D eigenvalue weighted by Crippen LogP contribution is 2.36. The Morgan fingerprint density at radius 2 is 1.95 bits per heavy atom. The molecular weight excluding hydrogens is 365 g/mol. The molecule has 0 fully saturated rings. The molecule has 2 aromatic carbocycles. The zero-order chi connectivity index (χ0) is 14.7. The minimum absolute atomic E-state index is 0.112. The SMILES string of the molecule is COc1cc(CNc2ccc(Br)c(Cl)c2Cl)ccc1O. The van der Waals surface area contributed by atoms with Gasteiger partial charge >= 0.3 is 0 Å². The van der Waals surface area contributed by atoms with Gasteiger partial charge in [0.15, 0.2) is 11.5 Å². The number of phenols is 1. The van der Waals surface area contributed by atoms with E-state index in [1.165, 1.54) is 7.11 Å². The Kier molecular flexibility index (Phi) is 5.02. The summed E-state index contributed by atoms with van der Waals surface area (Å²) in [6.07, 6.45) is 0. The van der Waals surface area contributed by atoms with Crippen molar-refractivity contribution in [1.82, 2.24) is 0 Å². The van der Waals surface area contributed by atoms with Crippen LogP contribution in [0.15, 0.2) is 34.8 Å². The molecule has 0 amide bonds. The summed E-state index contributed by atoms with van der Waals surface area (Å²) in [6, 6.07) is 8.83. The molecule has 0 aliphatic heterocycles. The lowest BCUT2D eigenvalue weighted by molar-refractivity contribution is 0.373. The fraction of sp³-hybridized carbons (Fsp3) is 0.143. The number of phenolic OH excluding ortho intramolecular Hbond substituents is 1. The second kappa shape index (κ2) is 6.57. The topological polar surface area (TPSA) is 41.5 Å². The van der Waals surface area contributed by atoms with Gasteiger partial charge in [0.1, 0.15) is 0 Å². The number of halogens is 3. The molecule has 0 aromatic heterocycles. The van der Waals surface area contributed by atoms with Crippen molar-refractivity contribution in [3.8, 4) is 11.5 Å². The first-order valence-corrected chi connectivity index (χ1v) is 7.31. The maximum Gasteiger partial charge on any atom is 0.160 e. The van der Waals surface area contributed by atoms with E-state index >= 15 is 0 Å². The second-order valence-corrected chi connectivity index (χ2v) is 5.69. The van der Waals surface area contributed by atoms with Crippen LogP contribution in [-0.4, -0.2) is 12.2 Å². The van der Waals surface area contributed by atoms with Crippen LogP contribution >= 0.6 is 39.1 Å². The van der Waals surface area contributed by atoms with Crippen LogP contribution in [0.25, 0.3) is 0 Å². The smallest absolute Gasteiger partial charge is 0.160 e. The monoisotopic (exact) mass is 375 g/mol. The maximum absolute atomic E-state index is 9.54.